The van der Waals surface area contributed by atoms with Crippen molar-refractivity contribution in [3.8, 4) is 0 Å². The molecule has 0 saturated carbocycles. The second-order valence-electron chi connectivity index (χ2n) is 7.31. The van der Waals surface area contributed by atoms with Crippen LogP contribution in [0.2, 0.25) is 0 Å². The predicted octanol–water partition coefficient (Wildman–Crippen LogP) is 3.28. The van der Waals surface area contributed by atoms with Crippen molar-refractivity contribution in [2.75, 3.05) is 18.4 Å². The number of nitrogens with one attached hydrogen (secondary N) is 1. The van der Waals surface area contributed by atoms with Gasteiger partial charge in [0, 0.05) is 31.5 Å². The van der Waals surface area contributed by atoms with E-state index >= 15 is 0 Å². The summed E-state index contributed by atoms with van der Waals surface area (Å²) in [5, 5.41) is 7.39. The number of likely N-dealkylation sites (tertiary alicyclic amines) is 1. The lowest BCUT2D eigenvalue weighted by atomic mass is 10.1. The van der Waals surface area contributed by atoms with Gasteiger partial charge in [0.15, 0.2) is 0 Å². The molecule has 0 unspecified atom stereocenters. The molecule has 2 aromatic rings. The van der Waals surface area contributed by atoms with Crippen LogP contribution in [-0.4, -0.2) is 39.6 Å². The van der Waals surface area contributed by atoms with Gasteiger partial charge in [-0.25, -0.2) is 4.68 Å². The Kier molecular flexibility index (Phi) is 6.27. The van der Waals surface area contributed by atoms with Gasteiger partial charge >= 0.3 is 0 Å². The van der Waals surface area contributed by atoms with E-state index in [-0.39, 0.29) is 11.8 Å². The minimum absolute atomic E-state index is 0.0823. The lowest BCUT2D eigenvalue weighted by molar-refractivity contribution is -0.131. The van der Waals surface area contributed by atoms with Crippen molar-refractivity contribution >= 4 is 17.6 Å². The number of rotatable bonds is 6. The fourth-order valence-corrected chi connectivity index (χ4v) is 3.45. The van der Waals surface area contributed by atoms with Gasteiger partial charge in [-0.1, -0.05) is 36.2 Å². The quantitative estimate of drug-likeness (QED) is 0.851. The number of hydrogen-bond donors (Lipinski definition) is 1. The molecular weight excluding hydrogens is 340 g/mol. The average Bonchev–Trinajstić information content (AvgIpc) is 2.84. The topological polar surface area (TPSA) is 67.2 Å². The Labute approximate surface area is 160 Å². The number of aryl methyl sites for hydroxylation is 2. The molecule has 2 heterocycles. The molecule has 27 heavy (non-hydrogen) atoms. The van der Waals surface area contributed by atoms with Crippen LogP contribution in [-0.2, 0) is 16.1 Å². The second kappa shape index (κ2) is 8.84. The van der Waals surface area contributed by atoms with Crippen molar-refractivity contribution in [1.82, 2.24) is 14.7 Å². The van der Waals surface area contributed by atoms with Crippen LogP contribution in [0.1, 0.15) is 48.8 Å². The van der Waals surface area contributed by atoms with Gasteiger partial charge in [-0.3, -0.25) is 9.59 Å². The molecule has 6 heteroatoms. The number of carbonyl (C=O) groups excluding carboxylic acids is 2. The Morgan fingerprint density at radius 1 is 1.22 bits per heavy atom. The van der Waals surface area contributed by atoms with Crippen molar-refractivity contribution in [1.29, 1.82) is 0 Å². The van der Waals surface area contributed by atoms with Gasteiger partial charge < -0.3 is 10.2 Å². The van der Waals surface area contributed by atoms with Gasteiger partial charge in [0.05, 0.1) is 12.7 Å². The van der Waals surface area contributed by atoms with Gasteiger partial charge in [0.1, 0.15) is 5.82 Å². The number of anilines is 1. The molecule has 0 spiro atoms. The Morgan fingerprint density at radius 2 is 2.07 bits per heavy atom. The first-order valence-corrected chi connectivity index (χ1v) is 9.68. The predicted molar refractivity (Wildman–Crippen MR) is 106 cm³/mol. The third-order valence-electron chi connectivity index (χ3n) is 4.98. The van der Waals surface area contributed by atoms with E-state index in [2.05, 4.69) is 35.5 Å². The molecule has 1 aromatic heterocycles. The van der Waals surface area contributed by atoms with E-state index in [1.807, 2.05) is 22.6 Å². The van der Waals surface area contributed by atoms with Crippen molar-refractivity contribution < 1.29 is 9.59 Å². The Hall–Kier alpha value is -2.63. The normalized spacial score (nSPS) is 14.9. The summed E-state index contributed by atoms with van der Waals surface area (Å²) >= 11 is 0. The number of amides is 2. The smallest absolute Gasteiger partial charge is 0.227 e. The molecular formula is C21H28N4O2. The highest BCUT2D eigenvalue weighted by Gasteiger charge is 2.18. The molecule has 1 fully saturated rings. The third kappa shape index (κ3) is 5.18. The largest absolute Gasteiger partial charge is 0.342 e. The fourth-order valence-electron chi connectivity index (χ4n) is 3.45. The number of benzene rings is 1. The van der Waals surface area contributed by atoms with E-state index in [1.165, 1.54) is 5.56 Å². The van der Waals surface area contributed by atoms with Gasteiger partial charge in [0.25, 0.3) is 0 Å². The summed E-state index contributed by atoms with van der Waals surface area (Å²) in [5.41, 5.74) is 3.27. The molecule has 3 rings (SSSR count). The maximum Gasteiger partial charge on any atom is 0.227 e. The van der Waals surface area contributed by atoms with E-state index in [1.54, 1.807) is 6.20 Å². The van der Waals surface area contributed by atoms with Crippen molar-refractivity contribution in [3.05, 3.63) is 47.2 Å². The first-order valence-electron chi connectivity index (χ1n) is 9.68. The molecule has 0 radical (unpaired) electrons. The molecule has 1 aliphatic heterocycles. The second-order valence-corrected chi connectivity index (χ2v) is 7.31. The summed E-state index contributed by atoms with van der Waals surface area (Å²) in [5.74, 6) is 0.811. The summed E-state index contributed by atoms with van der Waals surface area (Å²) in [6.45, 7) is 5.85. The van der Waals surface area contributed by atoms with E-state index in [9.17, 15) is 9.59 Å². The summed E-state index contributed by atoms with van der Waals surface area (Å²) in [6, 6.07) is 8.26. The first kappa shape index (κ1) is 19.1. The summed E-state index contributed by atoms with van der Waals surface area (Å²) in [7, 11) is 0. The molecule has 0 atom stereocenters. The van der Waals surface area contributed by atoms with Crippen molar-refractivity contribution in [2.45, 2.75) is 52.5 Å². The summed E-state index contributed by atoms with van der Waals surface area (Å²) in [4.78, 5) is 26.4. The zero-order chi connectivity index (χ0) is 19.2. The number of carbonyl (C=O) groups is 2. The van der Waals surface area contributed by atoms with Crippen LogP contribution in [0, 0.1) is 13.8 Å². The van der Waals surface area contributed by atoms with Crippen LogP contribution in [0.4, 0.5) is 5.82 Å². The number of hydrogen-bond acceptors (Lipinski definition) is 3. The van der Waals surface area contributed by atoms with E-state index in [0.717, 1.165) is 42.8 Å². The van der Waals surface area contributed by atoms with Crippen LogP contribution < -0.4 is 5.32 Å². The molecule has 2 amide bonds. The Balaban J connectivity index is 1.60. The van der Waals surface area contributed by atoms with Crippen LogP contribution in [0.15, 0.2) is 30.5 Å². The lowest BCUT2D eigenvalue weighted by Gasteiger charge is -2.20. The maximum absolute atomic E-state index is 12.5. The average molecular weight is 368 g/mol. The number of aromatic nitrogens is 2. The van der Waals surface area contributed by atoms with E-state index in [0.29, 0.717) is 25.9 Å². The highest BCUT2D eigenvalue weighted by molar-refractivity contribution is 5.91. The van der Waals surface area contributed by atoms with Crippen LogP contribution in [0.5, 0.6) is 0 Å². The van der Waals surface area contributed by atoms with Gasteiger partial charge in [-0.15, -0.1) is 0 Å². The molecule has 1 aliphatic rings. The fraction of sp³-hybridized carbons (Fsp3) is 0.476. The molecule has 1 N–H and O–H groups in total. The van der Waals surface area contributed by atoms with E-state index < -0.39 is 0 Å². The van der Waals surface area contributed by atoms with Gasteiger partial charge in [-0.2, -0.15) is 5.10 Å². The summed E-state index contributed by atoms with van der Waals surface area (Å²) < 4.78 is 1.82. The highest BCUT2D eigenvalue weighted by Crippen LogP contribution is 2.17. The van der Waals surface area contributed by atoms with Crippen LogP contribution >= 0.6 is 0 Å². The minimum Gasteiger partial charge on any atom is -0.342 e. The standard InChI is InChI=1S/C21H28N4O2/c1-16-7-6-8-18(13-16)15-25-21(17(2)14-22-25)23-19(26)10-12-24-11-5-3-4-9-20(24)27/h6-8,13-14H,3-5,9-12,15H2,1-2H3,(H,23,26). The zero-order valence-corrected chi connectivity index (χ0v) is 16.2. The minimum atomic E-state index is -0.0823. The molecule has 0 aliphatic carbocycles. The molecule has 144 valence electrons. The van der Waals surface area contributed by atoms with Crippen LogP contribution in [0.3, 0.4) is 0 Å². The Morgan fingerprint density at radius 3 is 2.89 bits per heavy atom. The molecule has 1 saturated heterocycles. The monoisotopic (exact) mass is 368 g/mol. The molecule has 0 bridgehead atoms. The first-order chi connectivity index (χ1) is 13.0. The maximum atomic E-state index is 12.5. The molecule has 6 nitrogen and oxygen atoms in total. The van der Waals surface area contributed by atoms with Crippen LogP contribution in [0.25, 0.3) is 0 Å². The SMILES string of the molecule is Cc1cccc(Cn2ncc(C)c2NC(=O)CCN2CCCCCC2=O)c1. The highest BCUT2D eigenvalue weighted by atomic mass is 16.2. The lowest BCUT2D eigenvalue weighted by Crippen LogP contribution is -2.33. The summed E-state index contributed by atoms with van der Waals surface area (Å²) in [6.07, 6.45) is 5.74. The molecule has 1 aromatic carbocycles. The third-order valence-corrected chi connectivity index (χ3v) is 4.98. The van der Waals surface area contributed by atoms with E-state index in [4.69, 9.17) is 0 Å². The van der Waals surface area contributed by atoms with Gasteiger partial charge in [0.2, 0.25) is 11.8 Å². The zero-order valence-electron chi connectivity index (χ0n) is 16.2. The Bertz CT molecular complexity index is 812. The van der Waals surface area contributed by atoms with Crippen molar-refractivity contribution in [3.63, 3.8) is 0 Å². The number of nitrogens with zero attached hydrogens (tertiary/aromatic N) is 3. The van der Waals surface area contributed by atoms with Crippen molar-refractivity contribution in [2.24, 2.45) is 0 Å². The van der Waals surface area contributed by atoms with Gasteiger partial charge in [-0.05, 0) is 32.3 Å².